The third-order valence-electron chi connectivity index (χ3n) is 2.98. The van der Waals surface area contributed by atoms with Crippen molar-refractivity contribution in [3.8, 4) is 0 Å². The number of carbonyl (C=O) groups excluding carboxylic acids is 1. The van der Waals surface area contributed by atoms with Crippen LogP contribution < -0.4 is 0 Å². The second-order valence-electron chi connectivity index (χ2n) is 4.70. The Balaban J connectivity index is 2.24. The molecule has 7 nitrogen and oxygen atoms in total. The molecule has 0 radical (unpaired) electrons. The first-order valence-electron chi connectivity index (χ1n) is 6.01. The van der Waals surface area contributed by atoms with Gasteiger partial charge in [0.15, 0.2) is 0 Å². The van der Waals surface area contributed by atoms with Gasteiger partial charge < -0.3 is 10.0 Å². The van der Waals surface area contributed by atoms with E-state index in [0.717, 1.165) is 0 Å². The zero-order chi connectivity index (χ0) is 14.2. The van der Waals surface area contributed by atoms with Crippen molar-refractivity contribution in [2.24, 2.45) is 0 Å². The number of aromatic nitrogens is 3. The summed E-state index contributed by atoms with van der Waals surface area (Å²) in [5.74, 6) is -0.254. The molecule has 1 saturated heterocycles. The van der Waals surface area contributed by atoms with Gasteiger partial charge >= 0.3 is 5.97 Å². The first-order chi connectivity index (χ1) is 8.91. The Morgan fingerprint density at radius 2 is 2.21 bits per heavy atom. The highest BCUT2D eigenvalue weighted by Gasteiger charge is 2.41. The van der Waals surface area contributed by atoms with Gasteiger partial charge in [0.25, 0.3) is 5.91 Å². The van der Waals surface area contributed by atoms with Crippen molar-refractivity contribution >= 4 is 23.6 Å². The fourth-order valence-electron chi connectivity index (χ4n) is 1.88. The molecular formula is C11H16N4O3S. The third kappa shape index (κ3) is 2.58. The number of nitrogens with zero attached hydrogens (tertiary/aromatic N) is 3. The number of hydrogen-bond donors (Lipinski definition) is 2. The van der Waals surface area contributed by atoms with Crippen molar-refractivity contribution in [2.75, 3.05) is 5.75 Å². The van der Waals surface area contributed by atoms with Gasteiger partial charge in [-0.05, 0) is 6.92 Å². The molecule has 8 heteroatoms. The Morgan fingerprint density at radius 3 is 2.74 bits per heavy atom. The topological polar surface area (TPSA) is 99.2 Å². The average Bonchev–Trinajstić information content (AvgIpc) is 2.94. The molecule has 1 aromatic heterocycles. The van der Waals surface area contributed by atoms with Crippen LogP contribution in [0.1, 0.15) is 43.1 Å². The first-order valence-corrected chi connectivity index (χ1v) is 7.06. The summed E-state index contributed by atoms with van der Waals surface area (Å²) in [7, 11) is 0. The Morgan fingerprint density at radius 1 is 1.53 bits per heavy atom. The molecule has 0 spiro atoms. The Kier molecular flexibility index (Phi) is 3.79. The summed E-state index contributed by atoms with van der Waals surface area (Å²) in [6.07, 6.45) is 0. The van der Waals surface area contributed by atoms with Crippen molar-refractivity contribution in [2.45, 2.75) is 38.1 Å². The molecule has 0 saturated carbocycles. The molecule has 104 valence electrons. The molecule has 19 heavy (non-hydrogen) atoms. The number of nitrogens with one attached hydrogen (secondary N) is 1. The average molecular weight is 284 g/mol. The SMILES string of the molecule is CC(C)c1nc(C(=O)N2C(C)SCC2C(=O)O)n[nH]1. The van der Waals surface area contributed by atoms with E-state index in [1.54, 1.807) is 0 Å². The predicted molar refractivity (Wildman–Crippen MR) is 70.0 cm³/mol. The number of carboxylic acid groups (broad SMARTS) is 1. The van der Waals surface area contributed by atoms with Crippen LogP contribution in [0.3, 0.4) is 0 Å². The summed E-state index contributed by atoms with van der Waals surface area (Å²) in [5.41, 5.74) is 0. The van der Waals surface area contributed by atoms with E-state index in [1.165, 1.54) is 16.7 Å². The highest BCUT2D eigenvalue weighted by atomic mass is 32.2. The summed E-state index contributed by atoms with van der Waals surface area (Å²) in [6, 6.07) is -0.812. The molecule has 2 unspecified atom stereocenters. The summed E-state index contributed by atoms with van der Waals surface area (Å²) in [5, 5.41) is 15.5. The number of aromatic amines is 1. The molecule has 1 aromatic rings. The maximum atomic E-state index is 12.3. The van der Waals surface area contributed by atoms with E-state index in [1.807, 2.05) is 20.8 Å². The van der Waals surface area contributed by atoms with Crippen molar-refractivity contribution in [3.05, 3.63) is 11.6 Å². The van der Waals surface area contributed by atoms with E-state index in [9.17, 15) is 9.59 Å². The second kappa shape index (κ2) is 5.20. The lowest BCUT2D eigenvalue weighted by atomic mass is 10.2. The van der Waals surface area contributed by atoms with Gasteiger partial charge in [-0.1, -0.05) is 13.8 Å². The molecule has 1 aliphatic rings. The van der Waals surface area contributed by atoms with Crippen molar-refractivity contribution < 1.29 is 14.7 Å². The van der Waals surface area contributed by atoms with Gasteiger partial charge in [-0.15, -0.1) is 16.9 Å². The molecule has 1 aliphatic heterocycles. The van der Waals surface area contributed by atoms with Crippen molar-refractivity contribution in [3.63, 3.8) is 0 Å². The molecule has 0 aromatic carbocycles. The molecule has 1 amide bonds. The molecular weight excluding hydrogens is 268 g/mol. The number of aliphatic carboxylic acids is 1. The highest BCUT2D eigenvalue weighted by molar-refractivity contribution is 8.00. The standard InChI is InChI=1S/C11H16N4O3S/c1-5(2)8-12-9(14-13-8)10(16)15-6(3)19-4-7(15)11(17)18/h5-7H,4H2,1-3H3,(H,17,18)(H,12,13,14). The van der Waals surface area contributed by atoms with E-state index in [-0.39, 0.29) is 17.1 Å². The van der Waals surface area contributed by atoms with E-state index >= 15 is 0 Å². The van der Waals surface area contributed by atoms with Crippen LogP contribution in [-0.4, -0.2) is 54.2 Å². The number of hydrogen-bond acceptors (Lipinski definition) is 5. The molecule has 2 rings (SSSR count). The normalized spacial score (nSPS) is 23.1. The summed E-state index contributed by atoms with van der Waals surface area (Å²) >= 11 is 1.44. The van der Waals surface area contributed by atoms with Crippen LogP contribution in [0.15, 0.2) is 0 Å². The monoisotopic (exact) mass is 284 g/mol. The summed E-state index contributed by atoms with van der Waals surface area (Å²) in [4.78, 5) is 28.9. The lowest BCUT2D eigenvalue weighted by molar-refractivity contribution is -0.141. The van der Waals surface area contributed by atoms with E-state index in [0.29, 0.717) is 11.6 Å². The summed E-state index contributed by atoms with van der Waals surface area (Å²) < 4.78 is 0. The fraction of sp³-hybridized carbons (Fsp3) is 0.636. The number of amides is 1. The number of carboxylic acids is 1. The number of rotatable bonds is 3. The Bertz CT molecular complexity index is 502. The van der Waals surface area contributed by atoms with Gasteiger partial charge in [-0.25, -0.2) is 9.78 Å². The smallest absolute Gasteiger partial charge is 0.327 e. The molecule has 2 N–H and O–H groups in total. The minimum Gasteiger partial charge on any atom is -0.480 e. The van der Waals surface area contributed by atoms with Gasteiger partial charge in [-0.3, -0.25) is 9.89 Å². The van der Waals surface area contributed by atoms with Crippen LogP contribution in [0.4, 0.5) is 0 Å². The molecule has 2 heterocycles. The zero-order valence-electron chi connectivity index (χ0n) is 11.0. The minimum atomic E-state index is -0.996. The largest absolute Gasteiger partial charge is 0.480 e. The van der Waals surface area contributed by atoms with Crippen molar-refractivity contribution in [1.82, 2.24) is 20.1 Å². The number of carbonyl (C=O) groups is 2. The second-order valence-corrected chi connectivity index (χ2v) is 6.05. The lowest BCUT2D eigenvalue weighted by Gasteiger charge is -2.23. The quantitative estimate of drug-likeness (QED) is 0.856. The Hall–Kier alpha value is -1.57. The van der Waals surface area contributed by atoms with Gasteiger partial charge in [0.2, 0.25) is 5.82 Å². The highest BCUT2D eigenvalue weighted by Crippen LogP contribution is 2.29. The third-order valence-corrected chi connectivity index (χ3v) is 4.20. The maximum absolute atomic E-state index is 12.3. The van der Waals surface area contributed by atoms with Gasteiger partial charge in [-0.2, -0.15) is 0 Å². The van der Waals surface area contributed by atoms with Gasteiger partial charge in [0.1, 0.15) is 11.9 Å². The fourth-order valence-corrected chi connectivity index (χ4v) is 3.05. The summed E-state index contributed by atoms with van der Waals surface area (Å²) in [6.45, 7) is 5.67. The minimum absolute atomic E-state index is 0.0318. The lowest BCUT2D eigenvalue weighted by Crippen LogP contribution is -2.45. The maximum Gasteiger partial charge on any atom is 0.327 e. The number of thioether (sulfide) groups is 1. The van der Waals surface area contributed by atoms with E-state index in [4.69, 9.17) is 5.11 Å². The first kappa shape index (κ1) is 13.9. The van der Waals surface area contributed by atoms with Crippen LogP contribution in [0.25, 0.3) is 0 Å². The van der Waals surface area contributed by atoms with Crippen LogP contribution >= 0.6 is 11.8 Å². The van der Waals surface area contributed by atoms with E-state index in [2.05, 4.69) is 15.2 Å². The van der Waals surface area contributed by atoms with E-state index < -0.39 is 17.9 Å². The van der Waals surface area contributed by atoms with Crippen LogP contribution in [0, 0.1) is 0 Å². The Labute approximate surface area is 114 Å². The van der Waals surface area contributed by atoms with Gasteiger partial charge in [0, 0.05) is 11.7 Å². The molecule has 0 bridgehead atoms. The van der Waals surface area contributed by atoms with Gasteiger partial charge in [0.05, 0.1) is 5.37 Å². The predicted octanol–water partition coefficient (Wildman–Crippen LogP) is 0.916. The molecule has 2 atom stereocenters. The zero-order valence-corrected chi connectivity index (χ0v) is 11.8. The molecule has 1 fully saturated rings. The number of H-pyrrole nitrogens is 1. The van der Waals surface area contributed by atoms with Crippen molar-refractivity contribution in [1.29, 1.82) is 0 Å². The van der Waals surface area contributed by atoms with Crippen LogP contribution in [-0.2, 0) is 4.79 Å². The molecule has 0 aliphatic carbocycles. The van der Waals surface area contributed by atoms with Crippen LogP contribution in [0.2, 0.25) is 0 Å². The van der Waals surface area contributed by atoms with Crippen LogP contribution in [0.5, 0.6) is 0 Å².